The number of aliphatic hydroxyl groups is 1. The van der Waals surface area contributed by atoms with Gasteiger partial charge >= 0.3 is 0 Å². The number of benzene rings is 1. The van der Waals surface area contributed by atoms with Crippen molar-refractivity contribution in [2.75, 3.05) is 34.0 Å². The summed E-state index contributed by atoms with van der Waals surface area (Å²) in [6, 6.07) is 5.74. The molecule has 1 aliphatic rings. The molecule has 0 aromatic heterocycles. The molecule has 1 fully saturated rings. The highest BCUT2D eigenvalue weighted by molar-refractivity contribution is 5.40. The van der Waals surface area contributed by atoms with Gasteiger partial charge in [0, 0.05) is 50.8 Å². The molecule has 2 rings (SSSR count). The lowest BCUT2D eigenvalue weighted by molar-refractivity contribution is -0.0617. The van der Waals surface area contributed by atoms with Crippen molar-refractivity contribution in [2.45, 2.75) is 25.0 Å². The minimum atomic E-state index is -0.655. The second-order valence-electron chi connectivity index (χ2n) is 5.12. The van der Waals surface area contributed by atoms with Crippen LogP contribution in [0.4, 0.5) is 0 Å². The van der Waals surface area contributed by atoms with Crippen LogP contribution >= 0.6 is 0 Å². The number of hydrogen-bond acceptors (Lipinski definition) is 5. The highest BCUT2D eigenvalue weighted by atomic mass is 16.5. The van der Waals surface area contributed by atoms with E-state index in [0.29, 0.717) is 39.1 Å². The Morgan fingerprint density at radius 1 is 1.25 bits per heavy atom. The van der Waals surface area contributed by atoms with E-state index in [0.717, 1.165) is 17.1 Å². The molecule has 0 saturated carbocycles. The summed E-state index contributed by atoms with van der Waals surface area (Å²) in [6.07, 6.45) is 1.36. The van der Waals surface area contributed by atoms with E-state index in [4.69, 9.17) is 14.2 Å². The zero-order valence-electron chi connectivity index (χ0n) is 12.1. The minimum absolute atomic E-state index is 0.561. The van der Waals surface area contributed by atoms with Gasteiger partial charge in [0.15, 0.2) is 0 Å². The van der Waals surface area contributed by atoms with Crippen LogP contribution in [0.15, 0.2) is 18.2 Å². The molecule has 0 atom stereocenters. The summed E-state index contributed by atoms with van der Waals surface area (Å²) in [5.41, 5.74) is 0.391. The van der Waals surface area contributed by atoms with Crippen molar-refractivity contribution in [3.63, 3.8) is 0 Å². The first-order valence-electron chi connectivity index (χ1n) is 6.89. The van der Waals surface area contributed by atoms with Crippen LogP contribution < -0.4 is 14.8 Å². The van der Waals surface area contributed by atoms with Gasteiger partial charge in [-0.1, -0.05) is 6.07 Å². The summed E-state index contributed by atoms with van der Waals surface area (Å²) >= 11 is 0. The molecule has 0 unspecified atom stereocenters. The first kappa shape index (κ1) is 15.1. The lowest BCUT2D eigenvalue weighted by Gasteiger charge is -2.32. The predicted molar refractivity (Wildman–Crippen MR) is 76.3 cm³/mol. The number of rotatable bonds is 6. The Balaban J connectivity index is 1.90. The van der Waals surface area contributed by atoms with Crippen molar-refractivity contribution in [1.29, 1.82) is 0 Å². The van der Waals surface area contributed by atoms with Gasteiger partial charge in [0.25, 0.3) is 0 Å². The van der Waals surface area contributed by atoms with Gasteiger partial charge in [0.05, 0.1) is 19.8 Å². The fourth-order valence-electron chi connectivity index (χ4n) is 2.36. The molecule has 1 aromatic rings. The smallest absolute Gasteiger partial charge is 0.127 e. The average molecular weight is 281 g/mol. The zero-order valence-corrected chi connectivity index (χ0v) is 12.1. The van der Waals surface area contributed by atoms with E-state index >= 15 is 0 Å². The van der Waals surface area contributed by atoms with Crippen LogP contribution in [-0.4, -0.2) is 44.7 Å². The van der Waals surface area contributed by atoms with Crippen LogP contribution in [0.1, 0.15) is 18.4 Å². The van der Waals surface area contributed by atoms with Gasteiger partial charge in [0.2, 0.25) is 0 Å². The fourth-order valence-corrected chi connectivity index (χ4v) is 2.36. The molecular weight excluding hydrogens is 258 g/mol. The Morgan fingerprint density at radius 2 is 2.00 bits per heavy atom. The SMILES string of the molecule is COc1ccc(CNCC2(O)CCOCC2)c(OC)c1. The van der Waals surface area contributed by atoms with Gasteiger partial charge in [-0.3, -0.25) is 0 Å². The van der Waals surface area contributed by atoms with E-state index < -0.39 is 5.60 Å². The van der Waals surface area contributed by atoms with Crippen molar-refractivity contribution >= 4 is 0 Å². The third kappa shape index (κ3) is 3.85. The van der Waals surface area contributed by atoms with E-state index in [1.165, 1.54) is 0 Å². The van der Waals surface area contributed by atoms with Gasteiger partial charge in [-0.25, -0.2) is 0 Å². The highest BCUT2D eigenvalue weighted by Crippen LogP contribution is 2.25. The number of ether oxygens (including phenoxy) is 3. The topological polar surface area (TPSA) is 60.0 Å². The lowest BCUT2D eigenvalue weighted by atomic mass is 9.94. The normalized spacial score (nSPS) is 17.8. The molecule has 5 heteroatoms. The van der Waals surface area contributed by atoms with Crippen molar-refractivity contribution < 1.29 is 19.3 Å². The van der Waals surface area contributed by atoms with Crippen LogP contribution in [-0.2, 0) is 11.3 Å². The molecule has 2 N–H and O–H groups in total. The third-order valence-electron chi connectivity index (χ3n) is 3.69. The van der Waals surface area contributed by atoms with Crippen molar-refractivity contribution in [1.82, 2.24) is 5.32 Å². The van der Waals surface area contributed by atoms with E-state index in [1.807, 2.05) is 18.2 Å². The van der Waals surface area contributed by atoms with Crippen LogP contribution in [0.25, 0.3) is 0 Å². The molecule has 112 valence electrons. The Kier molecular flexibility index (Phi) is 5.23. The van der Waals surface area contributed by atoms with E-state index in [-0.39, 0.29) is 0 Å². The van der Waals surface area contributed by atoms with Crippen LogP contribution in [0.2, 0.25) is 0 Å². The summed E-state index contributed by atoms with van der Waals surface area (Å²) in [4.78, 5) is 0. The van der Waals surface area contributed by atoms with Crippen LogP contribution in [0.3, 0.4) is 0 Å². The van der Waals surface area contributed by atoms with Gasteiger partial charge < -0.3 is 24.6 Å². The van der Waals surface area contributed by atoms with E-state index in [2.05, 4.69) is 5.32 Å². The molecule has 1 aliphatic heterocycles. The summed E-state index contributed by atoms with van der Waals surface area (Å²) in [5.74, 6) is 1.56. The van der Waals surface area contributed by atoms with Crippen LogP contribution in [0, 0.1) is 0 Å². The second-order valence-corrected chi connectivity index (χ2v) is 5.12. The quantitative estimate of drug-likeness (QED) is 0.824. The highest BCUT2D eigenvalue weighted by Gasteiger charge is 2.29. The van der Waals surface area contributed by atoms with Crippen molar-refractivity contribution in [3.05, 3.63) is 23.8 Å². The molecule has 0 spiro atoms. The standard InChI is InChI=1S/C15H23NO4/c1-18-13-4-3-12(14(9-13)19-2)10-16-11-15(17)5-7-20-8-6-15/h3-4,9,16-17H,5-8,10-11H2,1-2H3. The molecule has 0 amide bonds. The van der Waals surface area contributed by atoms with Gasteiger partial charge in [-0.15, -0.1) is 0 Å². The van der Waals surface area contributed by atoms with Gasteiger partial charge in [0.1, 0.15) is 11.5 Å². The lowest BCUT2D eigenvalue weighted by Crippen LogP contribution is -2.44. The zero-order chi connectivity index (χ0) is 14.4. The predicted octanol–water partition coefficient (Wildman–Crippen LogP) is 1.33. The molecule has 0 radical (unpaired) electrons. The Labute approximate surface area is 119 Å². The second kappa shape index (κ2) is 6.92. The summed E-state index contributed by atoms with van der Waals surface area (Å²) in [5, 5.41) is 13.7. The molecule has 5 nitrogen and oxygen atoms in total. The van der Waals surface area contributed by atoms with E-state index in [1.54, 1.807) is 14.2 Å². The fraction of sp³-hybridized carbons (Fsp3) is 0.600. The summed E-state index contributed by atoms with van der Waals surface area (Å²) < 4.78 is 15.8. The first-order chi connectivity index (χ1) is 9.67. The van der Waals surface area contributed by atoms with Crippen molar-refractivity contribution in [2.24, 2.45) is 0 Å². The maximum absolute atomic E-state index is 10.4. The largest absolute Gasteiger partial charge is 0.497 e. The molecule has 0 bridgehead atoms. The molecular formula is C15H23NO4. The molecule has 0 aliphatic carbocycles. The number of methoxy groups -OCH3 is 2. The minimum Gasteiger partial charge on any atom is -0.497 e. The molecule has 1 aromatic carbocycles. The monoisotopic (exact) mass is 281 g/mol. The number of hydrogen-bond donors (Lipinski definition) is 2. The maximum atomic E-state index is 10.4. The number of nitrogens with one attached hydrogen (secondary N) is 1. The summed E-state index contributed by atoms with van der Waals surface area (Å²) in [7, 11) is 3.28. The van der Waals surface area contributed by atoms with Gasteiger partial charge in [-0.2, -0.15) is 0 Å². The molecule has 20 heavy (non-hydrogen) atoms. The van der Waals surface area contributed by atoms with E-state index in [9.17, 15) is 5.11 Å². The first-order valence-corrected chi connectivity index (χ1v) is 6.89. The van der Waals surface area contributed by atoms with Crippen molar-refractivity contribution in [3.8, 4) is 11.5 Å². The molecule has 1 saturated heterocycles. The maximum Gasteiger partial charge on any atom is 0.127 e. The Hall–Kier alpha value is -1.30. The summed E-state index contributed by atoms with van der Waals surface area (Å²) in [6.45, 7) is 2.47. The average Bonchev–Trinajstić information content (AvgIpc) is 2.48. The van der Waals surface area contributed by atoms with Gasteiger partial charge in [-0.05, 0) is 6.07 Å². The Morgan fingerprint density at radius 3 is 2.65 bits per heavy atom. The third-order valence-corrected chi connectivity index (χ3v) is 3.69. The Bertz CT molecular complexity index is 430. The van der Waals surface area contributed by atoms with Crippen LogP contribution in [0.5, 0.6) is 11.5 Å². The molecule has 1 heterocycles.